The zero-order valence-corrected chi connectivity index (χ0v) is 69.4. The van der Waals surface area contributed by atoms with Crippen LogP contribution in [0.15, 0.2) is 421 Å². The van der Waals surface area contributed by atoms with Crippen molar-refractivity contribution in [1.82, 2.24) is 48.2 Å². The molecular formula is C116H68N12O2. The highest BCUT2D eigenvalue weighted by atomic mass is 16.3. The molecule has 0 saturated carbocycles. The molecule has 0 bridgehead atoms. The number of fused-ring (bicyclic) bond motifs is 20. The van der Waals surface area contributed by atoms with Crippen molar-refractivity contribution in [2.24, 2.45) is 0 Å². The number of hydrogen-bond donors (Lipinski definition) is 0. The Morgan fingerprint density at radius 2 is 0.492 bits per heavy atom. The molecule has 0 unspecified atom stereocenters. The molecule has 8 aromatic heterocycles. The van der Waals surface area contributed by atoms with Gasteiger partial charge in [-0.15, -0.1) is 0 Å². The Kier molecular flexibility index (Phi) is 17.4. The van der Waals surface area contributed by atoms with Crippen LogP contribution in [0.25, 0.3) is 244 Å². The van der Waals surface area contributed by atoms with Gasteiger partial charge in [-0.3, -0.25) is 0 Å². The third-order valence-electron chi connectivity index (χ3n) is 25.2. The summed E-state index contributed by atoms with van der Waals surface area (Å²) >= 11 is 0. The first-order valence-electron chi connectivity index (χ1n) is 43.2. The lowest BCUT2D eigenvalue weighted by atomic mass is 10.0. The number of hydrogen-bond acceptors (Lipinski definition) is 10. The lowest BCUT2D eigenvalue weighted by Crippen LogP contribution is -2.02. The summed E-state index contributed by atoms with van der Waals surface area (Å²) in [4.78, 5) is 30.2. The summed E-state index contributed by atoms with van der Waals surface area (Å²) in [5, 5.41) is 34.9. The minimum Gasteiger partial charge on any atom is -0.454 e. The van der Waals surface area contributed by atoms with Gasteiger partial charge in [0, 0.05) is 115 Å². The molecule has 0 aliphatic heterocycles. The van der Waals surface area contributed by atoms with Crippen LogP contribution in [0, 0.1) is 22.7 Å². The van der Waals surface area contributed by atoms with Gasteiger partial charge in [0.1, 0.15) is 23.3 Å². The van der Waals surface area contributed by atoms with Crippen molar-refractivity contribution in [3.63, 3.8) is 0 Å². The lowest BCUT2D eigenvalue weighted by molar-refractivity contribution is 0.671. The van der Waals surface area contributed by atoms with E-state index in [1.807, 2.05) is 182 Å². The van der Waals surface area contributed by atoms with Crippen molar-refractivity contribution < 1.29 is 8.83 Å². The first-order valence-corrected chi connectivity index (χ1v) is 43.2. The van der Waals surface area contributed by atoms with Gasteiger partial charge in [-0.2, -0.15) is 10.5 Å². The van der Waals surface area contributed by atoms with E-state index < -0.39 is 0 Å². The number of para-hydroxylation sites is 6. The van der Waals surface area contributed by atoms with E-state index >= 15 is 0 Å². The molecule has 0 saturated heterocycles. The molecule has 14 nitrogen and oxygen atoms in total. The highest BCUT2D eigenvalue weighted by molar-refractivity contribution is 6.26. The van der Waals surface area contributed by atoms with Crippen LogP contribution in [-0.4, -0.2) is 48.2 Å². The van der Waals surface area contributed by atoms with Gasteiger partial charge in [0.2, 0.25) is 0 Å². The van der Waals surface area contributed by atoms with E-state index in [4.69, 9.17) is 38.7 Å². The number of nitriles is 2. The molecule has 130 heavy (non-hydrogen) atoms. The van der Waals surface area contributed by atoms with Gasteiger partial charge in [0.05, 0.1) is 66.6 Å². The van der Waals surface area contributed by atoms with Gasteiger partial charge in [-0.1, -0.05) is 279 Å². The molecule has 0 aliphatic carbocycles. The second-order valence-corrected chi connectivity index (χ2v) is 32.6. The minimum atomic E-state index is 0.474. The molecule has 0 aliphatic rings. The highest BCUT2D eigenvalue weighted by Crippen LogP contribution is 2.48. The van der Waals surface area contributed by atoms with E-state index in [-0.39, 0.29) is 0 Å². The molecule has 26 aromatic rings. The average molecular weight is 1660 g/mol. The minimum absolute atomic E-state index is 0.474. The quantitative estimate of drug-likeness (QED) is 0.115. The second-order valence-electron chi connectivity index (χ2n) is 32.6. The Hall–Kier alpha value is -18.2. The molecule has 604 valence electrons. The number of rotatable bonds is 12. The Bertz CT molecular complexity index is 8880. The van der Waals surface area contributed by atoms with Crippen LogP contribution in [0.5, 0.6) is 0 Å². The number of nitrogens with zero attached hydrogens (tertiary/aromatic N) is 12. The van der Waals surface area contributed by atoms with Crippen LogP contribution >= 0.6 is 0 Å². The van der Waals surface area contributed by atoms with Crippen LogP contribution < -0.4 is 0 Å². The molecule has 0 N–H and O–H groups in total. The van der Waals surface area contributed by atoms with Crippen molar-refractivity contribution in [3.05, 3.63) is 424 Å². The fourth-order valence-corrected chi connectivity index (χ4v) is 19.3. The van der Waals surface area contributed by atoms with E-state index in [9.17, 15) is 10.5 Å². The summed E-state index contributed by atoms with van der Waals surface area (Å²) in [6.45, 7) is 0. The van der Waals surface area contributed by atoms with Crippen LogP contribution in [0.2, 0.25) is 0 Å². The Morgan fingerprint density at radius 1 is 0.192 bits per heavy atom. The summed E-state index contributed by atoms with van der Waals surface area (Å²) in [5.74, 6) is 3.14. The maximum Gasteiger partial charge on any atom is 0.164 e. The molecule has 8 heterocycles. The van der Waals surface area contributed by atoms with Crippen LogP contribution in [-0.2, 0) is 0 Å². The molecule has 18 aromatic carbocycles. The normalized spacial score (nSPS) is 11.7. The molecule has 0 spiro atoms. The van der Waals surface area contributed by atoms with Gasteiger partial charge < -0.3 is 27.1 Å². The van der Waals surface area contributed by atoms with E-state index in [0.717, 1.165) is 193 Å². The average Bonchev–Trinajstić information content (AvgIpc) is 1.55. The number of benzene rings is 18. The van der Waals surface area contributed by atoms with Crippen LogP contribution in [0.4, 0.5) is 0 Å². The highest BCUT2D eigenvalue weighted by Gasteiger charge is 2.28. The first kappa shape index (κ1) is 74.4. The predicted octanol–water partition coefficient (Wildman–Crippen LogP) is 29.0. The van der Waals surface area contributed by atoms with Gasteiger partial charge in [-0.05, 0) is 150 Å². The SMILES string of the molecule is N#Cc1cc(-c2nc(-c3ccccc3)nc(-c3cccc(-c4ccccc4)c3)n2)ccc1-n1c2ccccc2c2ccc3c4cc5c(cc4oc3c21)c1ccccc1n5-c1ccccc1.N#Cc1cc(-c2nc(-c3ccccc3)nc(-c3cccc(-c4ccccc4)c3)n2)ccc1-n1c2ccccc2c2ccc3c4cc5c6ccccc6n(-c6ccccc6)c5cc4oc3c21. The smallest absolute Gasteiger partial charge is 0.164 e. The zero-order valence-electron chi connectivity index (χ0n) is 69.4. The van der Waals surface area contributed by atoms with Gasteiger partial charge in [0.25, 0.3) is 0 Å². The van der Waals surface area contributed by atoms with E-state index in [1.54, 1.807) is 0 Å². The van der Waals surface area contributed by atoms with Crippen molar-refractivity contribution in [1.29, 1.82) is 10.5 Å². The fourth-order valence-electron chi connectivity index (χ4n) is 19.3. The third-order valence-corrected chi connectivity index (χ3v) is 25.2. The summed E-state index contributed by atoms with van der Waals surface area (Å²) in [5.41, 5.74) is 25.2. The summed E-state index contributed by atoms with van der Waals surface area (Å²) < 4.78 is 23.0. The van der Waals surface area contributed by atoms with Crippen molar-refractivity contribution in [2.75, 3.05) is 0 Å². The maximum absolute atomic E-state index is 11.0. The summed E-state index contributed by atoms with van der Waals surface area (Å²) in [7, 11) is 0. The van der Waals surface area contributed by atoms with Crippen LogP contribution in [0.3, 0.4) is 0 Å². The topological polar surface area (TPSA) is 171 Å². The van der Waals surface area contributed by atoms with Gasteiger partial charge in [0.15, 0.2) is 46.1 Å². The largest absolute Gasteiger partial charge is 0.454 e. The molecule has 0 amide bonds. The molecule has 0 atom stereocenters. The summed E-state index contributed by atoms with van der Waals surface area (Å²) in [6.07, 6.45) is 0. The van der Waals surface area contributed by atoms with E-state index in [2.05, 4.69) is 261 Å². The third kappa shape index (κ3) is 12.2. The Morgan fingerprint density at radius 3 is 0.900 bits per heavy atom. The Labute approximate surface area is 742 Å². The zero-order chi connectivity index (χ0) is 86.0. The Balaban J connectivity index is 0.000000140. The lowest BCUT2D eigenvalue weighted by Gasteiger charge is -2.13. The van der Waals surface area contributed by atoms with Gasteiger partial charge >= 0.3 is 0 Å². The van der Waals surface area contributed by atoms with E-state index in [0.29, 0.717) is 57.2 Å². The molecule has 26 rings (SSSR count). The monoisotopic (exact) mass is 1660 g/mol. The molecule has 0 fully saturated rings. The van der Waals surface area contributed by atoms with Crippen molar-refractivity contribution >= 4 is 131 Å². The van der Waals surface area contributed by atoms with Crippen molar-refractivity contribution in [2.45, 2.75) is 0 Å². The second kappa shape index (κ2) is 30.3. The fraction of sp³-hybridized carbons (Fsp3) is 0. The maximum atomic E-state index is 11.0. The van der Waals surface area contributed by atoms with Crippen molar-refractivity contribution in [3.8, 4) is 125 Å². The number of aromatic nitrogens is 10. The van der Waals surface area contributed by atoms with Gasteiger partial charge in [-0.25, -0.2) is 29.9 Å². The molecular weight excluding hydrogens is 1590 g/mol. The number of furan rings is 2. The predicted molar refractivity (Wildman–Crippen MR) is 524 cm³/mol. The summed E-state index contributed by atoms with van der Waals surface area (Å²) in [6, 6.07) is 146. The standard InChI is InChI=1S/2C58H34N6O/c59-35-41-32-40(58-61-56(37-17-6-2-7-18-37)60-57(62-58)39-20-14-19-38(31-39)36-15-4-1-5-16-36)27-30-49(41)64-51-26-13-10-23-43(51)45-28-29-46-48-33-52-47(34-53(48)65-55(46)54(45)64)44-24-11-12-25-50(44)63(52)42-21-8-3-9-22-42;59-35-41-32-40(58-61-56(37-17-6-2-7-18-37)60-57(62-58)39-20-14-19-38(31-39)36-15-4-1-5-16-36)27-30-49(41)64-51-26-13-10-23-43(51)45-28-29-46-48-33-47-44-24-11-12-25-50(44)63(42-21-8-3-9-22-42)52(47)34-53(48)65-55(46)54(45)64/h2*1-34H. The molecule has 14 heteroatoms. The van der Waals surface area contributed by atoms with Crippen LogP contribution in [0.1, 0.15) is 11.1 Å². The van der Waals surface area contributed by atoms with E-state index in [1.165, 1.54) is 5.39 Å². The first-order chi connectivity index (χ1) is 64.4. The molecule has 0 radical (unpaired) electrons.